The van der Waals surface area contributed by atoms with E-state index in [2.05, 4.69) is 61.1 Å². The minimum absolute atomic E-state index is 0.0593. The van der Waals surface area contributed by atoms with Crippen molar-refractivity contribution in [3.05, 3.63) is 29.6 Å². The molecule has 4 rings (SSSR count). The van der Waals surface area contributed by atoms with E-state index >= 15 is 0 Å². The molecule has 2 aliphatic rings. The van der Waals surface area contributed by atoms with Gasteiger partial charge in [0.2, 0.25) is 0 Å². The summed E-state index contributed by atoms with van der Waals surface area (Å²) in [6.07, 6.45) is 5.55. The van der Waals surface area contributed by atoms with Gasteiger partial charge in [0.1, 0.15) is 12.1 Å². The highest BCUT2D eigenvalue weighted by molar-refractivity contribution is 5.78. The Morgan fingerprint density at radius 1 is 1.26 bits per heavy atom. The maximum absolute atomic E-state index is 10.4. The van der Waals surface area contributed by atoms with E-state index in [9.17, 15) is 5.11 Å². The fourth-order valence-electron chi connectivity index (χ4n) is 5.19. The number of benzene rings is 1. The highest BCUT2D eigenvalue weighted by Gasteiger charge is 2.41. The molecule has 2 aliphatic heterocycles. The van der Waals surface area contributed by atoms with Gasteiger partial charge in [-0.25, -0.2) is 4.98 Å². The number of imidazole rings is 1. The van der Waals surface area contributed by atoms with Gasteiger partial charge in [-0.05, 0) is 70.9 Å². The number of aliphatic hydroxyl groups excluding tert-OH is 1. The molecule has 2 saturated heterocycles. The Labute approximate surface area is 162 Å². The first-order valence-corrected chi connectivity index (χ1v) is 10.4. The monoisotopic (exact) mass is 370 g/mol. The lowest BCUT2D eigenvalue weighted by Gasteiger charge is -2.40. The van der Waals surface area contributed by atoms with Crippen molar-refractivity contribution in [2.75, 3.05) is 6.54 Å². The summed E-state index contributed by atoms with van der Waals surface area (Å²) < 4.78 is 0. The van der Waals surface area contributed by atoms with Gasteiger partial charge in [-0.1, -0.05) is 12.1 Å². The van der Waals surface area contributed by atoms with Gasteiger partial charge in [0.25, 0.3) is 0 Å². The summed E-state index contributed by atoms with van der Waals surface area (Å²) in [5, 5.41) is 13.7. The molecule has 0 radical (unpaired) electrons. The minimum atomic E-state index is -0.456. The second-order valence-corrected chi connectivity index (χ2v) is 9.69. The number of hydrogen-bond donors (Lipinski definition) is 3. The quantitative estimate of drug-likeness (QED) is 0.706. The third-order valence-electron chi connectivity index (χ3n) is 6.21. The third kappa shape index (κ3) is 4.20. The van der Waals surface area contributed by atoms with Crippen molar-refractivity contribution in [1.82, 2.24) is 20.2 Å². The molecule has 2 unspecified atom stereocenters. The van der Waals surface area contributed by atoms with Crippen LogP contribution in [0.3, 0.4) is 0 Å². The predicted octanol–water partition coefficient (Wildman–Crippen LogP) is 3.36. The van der Waals surface area contributed by atoms with Crippen molar-refractivity contribution in [3.63, 3.8) is 0 Å². The Morgan fingerprint density at radius 2 is 1.96 bits per heavy atom. The first-order chi connectivity index (χ1) is 12.8. The molecule has 27 heavy (non-hydrogen) atoms. The third-order valence-corrected chi connectivity index (χ3v) is 6.21. The molecule has 148 valence electrons. The van der Waals surface area contributed by atoms with Gasteiger partial charge >= 0.3 is 0 Å². The molecule has 1 aromatic carbocycles. The zero-order valence-electron chi connectivity index (χ0n) is 17.1. The zero-order valence-corrected chi connectivity index (χ0v) is 17.1. The molecule has 3 N–H and O–H groups in total. The van der Waals surface area contributed by atoms with Crippen LogP contribution < -0.4 is 5.32 Å². The van der Waals surface area contributed by atoms with Crippen LogP contribution in [0, 0.1) is 12.8 Å². The fraction of sp³-hybridized carbons (Fsp3) is 0.682. The van der Waals surface area contributed by atoms with Crippen LogP contribution in [0.2, 0.25) is 0 Å². The van der Waals surface area contributed by atoms with Crippen LogP contribution in [-0.4, -0.2) is 50.4 Å². The first-order valence-electron chi connectivity index (χ1n) is 10.4. The largest absolute Gasteiger partial charge is 0.377 e. The normalized spacial score (nSPS) is 27.4. The maximum atomic E-state index is 10.4. The van der Waals surface area contributed by atoms with Gasteiger partial charge in [-0.15, -0.1) is 0 Å². The number of aromatic amines is 1. The van der Waals surface area contributed by atoms with Crippen LogP contribution in [0.15, 0.2) is 18.2 Å². The predicted molar refractivity (Wildman–Crippen MR) is 110 cm³/mol. The van der Waals surface area contributed by atoms with E-state index in [1.807, 2.05) is 0 Å². The number of para-hydroxylation sites is 1. The lowest BCUT2D eigenvalue weighted by atomic mass is 9.88. The average molecular weight is 371 g/mol. The molecule has 4 atom stereocenters. The summed E-state index contributed by atoms with van der Waals surface area (Å²) in [5.41, 5.74) is 3.45. The topological polar surface area (TPSA) is 64.2 Å². The van der Waals surface area contributed by atoms with Crippen LogP contribution in [0.25, 0.3) is 11.0 Å². The first kappa shape index (κ1) is 18.9. The van der Waals surface area contributed by atoms with Crippen molar-refractivity contribution in [3.8, 4) is 0 Å². The summed E-state index contributed by atoms with van der Waals surface area (Å²) in [6, 6.07) is 7.56. The molecule has 5 heteroatoms. The molecule has 5 nitrogen and oxygen atoms in total. The minimum Gasteiger partial charge on any atom is -0.377 e. The second-order valence-electron chi connectivity index (χ2n) is 9.69. The molecule has 2 fully saturated rings. The highest BCUT2D eigenvalue weighted by Crippen LogP contribution is 2.39. The molecule has 1 aromatic heterocycles. The molecule has 0 aliphatic carbocycles. The molecule has 0 spiro atoms. The number of nitrogens with zero attached hydrogens (tertiary/aromatic N) is 2. The average Bonchev–Trinajstić information content (AvgIpc) is 3.05. The van der Waals surface area contributed by atoms with Crippen molar-refractivity contribution < 1.29 is 5.11 Å². The maximum Gasteiger partial charge on any atom is 0.118 e. The highest BCUT2D eigenvalue weighted by atomic mass is 16.3. The number of piperidine rings is 1. The zero-order chi connectivity index (χ0) is 19.2. The van der Waals surface area contributed by atoms with Gasteiger partial charge in [0.15, 0.2) is 0 Å². The number of aromatic nitrogens is 2. The van der Waals surface area contributed by atoms with Crippen LogP contribution in [0.5, 0.6) is 0 Å². The fourth-order valence-corrected chi connectivity index (χ4v) is 5.19. The molecule has 0 saturated carbocycles. The van der Waals surface area contributed by atoms with Crippen LogP contribution in [0.1, 0.15) is 57.8 Å². The Morgan fingerprint density at radius 3 is 2.59 bits per heavy atom. The molecular weight excluding hydrogens is 336 g/mol. The Bertz CT molecular complexity index is 779. The smallest absolute Gasteiger partial charge is 0.118 e. The number of nitrogens with one attached hydrogen (secondary N) is 2. The van der Waals surface area contributed by atoms with E-state index in [1.54, 1.807) is 0 Å². The second kappa shape index (κ2) is 7.19. The van der Waals surface area contributed by atoms with Gasteiger partial charge in [-0.2, -0.15) is 0 Å². The van der Waals surface area contributed by atoms with Gasteiger partial charge in [0, 0.05) is 30.6 Å². The van der Waals surface area contributed by atoms with Gasteiger partial charge in [-0.3, -0.25) is 10.2 Å². The Hall–Kier alpha value is -1.43. The van der Waals surface area contributed by atoms with Crippen molar-refractivity contribution in [2.24, 2.45) is 5.92 Å². The van der Waals surface area contributed by atoms with Crippen molar-refractivity contribution >= 4 is 11.0 Å². The number of aryl methyl sites for hydroxylation is 1. The van der Waals surface area contributed by atoms with Crippen LogP contribution >= 0.6 is 0 Å². The number of H-pyrrole nitrogens is 1. The van der Waals surface area contributed by atoms with Crippen LogP contribution in [-0.2, 0) is 6.42 Å². The molecule has 3 heterocycles. The van der Waals surface area contributed by atoms with E-state index in [4.69, 9.17) is 4.98 Å². The van der Waals surface area contributed by atoms with Gasteiger partial charge < -0.3 is 10.1 Å². The number of hydrogen-bond acceptors (Lipinski definition) is 4. The summed E-state index contributed by atoms with van der Waals surface area (Å²) in [5.74, 6) is 1.82. The van der Waals surface area contributed by atoms with E-state index < -0.39 is 6.23 Å². The van der Waals surface area contributed by atoms with E-state index in [1.165, 1.54) is 31.2 Å². The standard InChI is InChI=1S/C22H34N4O/c1-14-6-5-7-18-21(14)24-19(23-18)12-15-10-16-8-9-17(11-15)26(16)13-20(27)25-22(2,3)4/h5-7,15-17,20,25,27H,8-13H2,1-4H3,(H,23,24)/t15?,16-,17+,20?. The Kier molecular flexibility index (Phi) is 5.04. The number of aliphatic hydroxyl groups is 1. The van der Waals surface area contributed by atoms with E-state index in [0.717, 1.165) is 29.8 Å². The summed E-state index contributed by atoms with van der Waals surface area (Å²) >= 11 is 0. The van der Waals surface area contributed by atoms with Gasteiger partial charge in [0.05, 0.1) is 11.0 Å². The molecule has 2 aromatic rings. The van der Waals surface area contributed by atoms with Crippen LogP contribution in [0.4, 0.5) is 0 Å². The van der Waals surface area contributed by atoms with E-state index in [0.29, 0.717) is 18.0 Å². The lowest BCUT2D eigenvalue weighted by molar-refractivity contribution is 0.0189. The van der Waals surface area contributed by atoms with E-state index in [-0.39, 0.29) is 5.54 Å². The SMILES string of the molecule is Cc1cccc2[nH]c(CC3C[C@H]4CC[C@@H](C3)N4CC(O)NC(C)(C)C)nc12. The molecule has 2 bridgehead atoms. The summed E-state index contributed by atoms with van der Waals surface area (Å²) in [4.78, 5) is 11.0. The molecular formula is C22H34N4O. The Balaban J connectivity index is 1.39. The number of fused-ring (bicyclic) bond motifs is 3. The van der Waals surface area contributed by atoms with Crippen molar-refractivity contribution in [2.45, 2.75) is 83.6 Å². The summed E-state index contributed by atoms with van der Waals surface area (Å²) in [6.45, 7) is 9.18. The summed E-state index contributed by atoms with van der Waals surface area (Å²) in [7, 11) is 0. The van der Waals surface area contributed by atoms with Crippen molar-refractivity contribution in [1.29, 1.82) is 0 Å². The molecule has 0 amide bonds. The number of rotatable bonds is 5. The lowest BCUT2D eigenvalue weighted by Crippen LogP contribution is -2.53.